The molecule has 0 spiro atoms. The summed E-state index contributed by atoms with van der Waals surface area (Å²) in [4.78, 5) is 4.25. The second kappa shape index (κ2) is 4.49. The fourth-order valence-corrected chi connectivity index (χ4v) is 1.76. The van der Waals surface area contributed by atoms with E-state index in [1.54, 1.807) is 0 Å². The number of ether oxygens (including phenoxy) is 1. The number of rotatable bonds is 3. The first-order valence-corrected chi connectivity index (χ1v) is 5.33. The van der Waals surface area contributed by atoms with E-state index >= 15 is 0 Å². The zero-order chi connectivity index (χ0) is 10.7. The third-order valence-corrected chi connectivity index (χ3v) is 2.58. The first-order chi connectivity index (χ1) is 7.25. The molecule has 82 valence electrons. The molecule has 0 amide bonds. The minimum atomic E-state index is 0.313. The lowest BCUT2D eigenvalue weighted by molar-refractivity contribution is 0.120. The summed E-state index contributed by atoms with van der Waals surface area (Å²) in [6, 6.07) is 1.92. The predicted molar refractivity (Wildman–Crippen MR) is 60.9 cm³/mol. The van der Waals surface area contributed by atoms with Gasteiger partial charge in [0.2, 0.25) is 0 Å². The SMILES string of the molecule is Cc1cnc(NC[C@@H]2CCCO2)c(N)c1. The van der Waals surface area contributed by atoms with Gasteiger partial charge in [-0.05, 0) is 31.4 Å². The van der Waals surface area contributed by atoms with Crippen LogP contribution in [0.15, 0.2) is 12.3 Å². The monoisotopic (exact) mass is 207 g/mol. The molecule has 1 aromatic heterocycles. The lowest BCUT2D eigenvalue weighted by Crippen LogP contribution is -2.19. The van der Waals surface area contributed by atoms with Crippen LogP contribution in [-0.2, 0) is 4.74 Å². The van der Waals surface area contributed by atoms with Gasteiger partial charge in [-0.15, -0.1) is 0 Å². The van der Waals surface area contributed by atoms with Gasteiger partial charge < -0.3 is 15.8 Å². The minimum absolute atomic E-state index is 0.313. The summed E-state index contributed by atoms with van der Waals surface area (Å²) in [5.74, 6) is 0.760. The summed E-state index contributed by atoms with van der Waals surface area (Å²) >= 11 is 0. The lowest BCUT2D eigenvalue weighted by Gasteiger charge is -2.12. The van der Waals surface area contributed by atoms with Crippen LogP contribution in [0.1, 0.15) is 18.4 Å². The molecule has 15 heavy (non-hydrogen) atoms. The van der Waals surface area contributed by atoms with Gasteiger partial charge in [0.05, 0.1) is 11.8 Å². The third-order valence-electron chi connectivity index (χ3n) is 2.58. The van der Waals surface area contributed by atoms with Gasteiger partial charge in [0.1, 0.15) is 5.82 Å². The van der Waals surface area contributed by atoms with Gasteiger partial charge in [-0.2, -0.15) is 0 Å². The van der Waals surface area contributed by atoms with Crippen molar-refractivity contribution in [2.75, 3.05) is 24.2 Å². The van der Waals surface area contributed by atoms with E-state index in [-0.39, 0.29) is 0 Å². The zero-order valence-electron chi connectivity index (χ0n) is 8.99. The van der Waals surface area contributed by atoms with E-state index in [0.717, 1.165) is 37.4 Å². The van der Waals surface area contributed by atoms with Crippen LogP contribution in [0.4, 0.5) is 11.5 Å². The molecule has 1 saturated heterocycles. The molecule has 2 rings (SSSR count). The van der Waals surface area contributed by atoms with Gasteiger partial charge in [-0.3, -0.25) is 0 Å². The topological polar surface area (TPSA) is 60.2 Å². The second-order valence-corrected chi connectivity index (χ2v) is 3.97. The second-order valence-electron chi connectivity index (χ2n) is 3.97. The van der Waals surface area contributed by atoms with Gasteiger partial charge in [-0.1, -0.05) is 0 Å². The average Bonchev–Trinajstić information content (AvgIpc) is 2.69. The van der Waals surface area contributed by atoms with Gasteiger partial charge in [0, 0.05) is 19.3 Å². The Kier molecular flexibility index (Phi) is 3.06. The molecule has 4 heteroatoms. The molecule has 1 fully saturated rings. The van der Waals surface area contributed by atoms with Crippen LogP contribution in [0.5, 0.6) is 0 Å². The molecular weight excluding hydrogens is 190 g/mol. The van der Waals surface area contributed by atoms with Crippen molar-refractivity contribution >= 4 is 11.5 Å². The standard InChI is InChI=1S/C11H17N3O/c1-8-5-10(12)11(13-6-8)14-7-9-3-2-4-15-9/h5-6,9H,2-4,7,12H2,1H3,(H,13,14)/t9-/m0/s1. The Bertz CT molecular complexity index is 335. The number of hydrogen-bond acceptors (Lipinski definition) is 4. The van der Waals surface area contributed by atoms with Crippen LogP contribution < -0.4 is 11.1 Å². The van der Waals surface area contributed by atoms with E-state index in [4.69, 9.17) is 10.5 Å². The maximum Gasteiger partial charge on any atom is 0.149 e. The molecule has 1 atom stereocenters. The molecule has 4 nitrogen and oxygen atoms in total. The van der Waals surface area contributed by atoms with Crippen molar-refractivity contribution in [3.63, 3.8) is 0 Å². The van der Waals surface area contributed by atoms with E-state index in [1.165, 1.54) is 0 Å². The lowest BCUT2D eigenvalue weighted by atomic mass is 10.2. The van der Waals surface area contributed by atoms with Crippen LogP contribution in [0, 0.1) is 6.92 Å². The quantitative estimate of drug-likeness (QED) is 0.789. The van der Waals surface area contributed by atoms with E-state index in [0.29, 0.717) is 11.8 Å². The van der Waals surface area contributed by atoms with Crippen LogP contribution in [-0.4, -0.2) is 24.2 Å². The van der Waals surface area contributed by atoms with E-state index in [1.807, 2.05) is 19.2 Å². The predicted octanol–water partition coefficient (Wildman–Crippen LogP) is 1.56. The van der Waals surface area contributed by atoms with Crippen molar-refractivity contribution in [2.24, 2.45) is 0 Å². The van der Waals surface area contributed by atoms with Crippen molar-refractivity contribution in [2.45, 2.75) is 25.9 Å². The first-order valence-electron chi connectivity index (χ1n) is 5.33. The highest BCUT2D eigenvalue weighted by molar-refractivity contribution is 5.61. The van der Waals surface area contributed by atoms with Crippen molar-refractivity contribution in [3.05, 3.63) is 17.8 Å². The Hall–Kier alpha value is -1.29. The summed E-state index contributed by atoms with van der Waals surface area (Å²) < 4.78 is 5.51. The van der Waals surface area contributed by atoms with E-state index < -0.39 is 0 Å². The summed E-state index contributed by atoms with van der Waals surface area (Å²) in [6.45, 7) is 3.65. The molecule has 3 N–H and O–H groups in total. The van der Waals surface area contributed by atoms with Crippen LogP contribution >= 0.6 is 0 Å². The zero-order valence-corrected chi connectivity index (χ0v) is 8.99. The van der Waals surface area contributed by atoms with E-state index in [2.05, 4.69) is 10.3 Å². The number of pyridine rings is 1. The van der Waals surface area contributed by atoms with Crippen molar-refractivity contribution in [3.8, 4) is 0 Å². The number of hydrogen-bond donors (Lipinski definition) is 2. The van der Waals surface area contributed by atoms with Gasteiger partial charge in [-0.25, -0.2) is 4.98 Å². The molecule has 0 aromatic carbocycles. The summed E-state index contributed by atoms with van der Waals surface area (Å²) in [7, 11) is 0. The van der Waals surface area contributed by atoms with Crippen LogP contribution in [0.3, 0.4) is 0 Å². The van der Waals surface area contributed by atoms with Gasteiger partial charge in [0.15, 0.2) is 0 Å². The molecular formula is C11H17N3O. The number of aromatic nitrogens is 1. The highest BCUT2D eigenvalue weighted by Crippen LogP contribution is 2.17. The molecule has 0 saturated carbocycles. The molecule has 1 aliphatic heterocycles. The number of nitrogens with two attached hydrogens (primary N) is 1. The third kappa shape index (κ3) is 2.59. The van der Waals surface area contributed by atoms with Crippen molar-refractivity contribution < 1.29 is 4.74 Å². The fraction of sp³-hybridized carbons (Fsp3) is 0.545. The normalized spacial score (nSPS) is 20.5. The largest absolute Gasteiger partial charge is 0.396 e. The molecule has 0 unspecified atom stereocenters. The molecule has 0 radical (unpaired) electrons. The van der Waals surface area contributed by atoms with Crippen molar-refractivity contribution in [1.29, 1.82) is 0 Å². The average molecular weight is 207 g/mol. The molecule has 1 aromatic rings. The molecule has 0 bridgehead atoms. The Morgan fingerprint density at radius 1 is 1.67 bits per heavy atom. The number of anilines is 2. The number of nitrogens with zero attached hydrogens (tertiary/aromatic N) is 1. The highest BCUT2D eigenvalue weighted by atomic mass is 16.5. The first kappa shape index (κ1) is 10.2. The number of nitrogens with one attached hydrogen (secondary N) is 1. The highest BCUT2D eigenvalue weighted by Gasteiger charge is 2.15. The Balaban J connectivity index is 1.92. The molecule has 2 heterocycles. The number of nitrogen functional groups attached to an aromatic ring is 1. The smallest absolute Gasteiger partial charge is 0.149 e. The van der Waals surface area contributed by atoms with Gasteiger partial charge >= 0.3 is 0 Å². The number of aryl methyl sites for hydroxylation is 1. The van der Waals surface area contributed by atoms with Crippen LogP contribution in [0.2, 0.25) is 0 Å². The summed E-state index contributed by atoms with van der Waals surface area (Å²) in [5.41, 5.74) is 7.62. The molecule has 1 aliphatic rings. The summed E-state index contributed by atoms with van der Waals surface area (Å²) in [6.07, 6.45) is 4.41. The maximum atomic E-state index is 5.84. The Labute approximate surface area is 89.8 Å². The Morgan fingerprint density at radius 3 is 3.20 bits per heavy atom. The van der Waals surface area contributed by atoms with Crippen LogP contribution in [0.25, 0.3) is 0 Å². The Morgan fingerprint density at radius 2 is 2.53 bits per heavy atom. The molecule has 0 aliphatic carbocycles. The van der Waals surface area contributed by atoms with Gasteiger partial charge in [0.25, 0.3) is 0 Å². The fourth-order valence-electron chi connectivity index (χ4n) is 1.76. The van der Waals surface area contributed by atoms with Crippen molar-refractivity contribution in [1.82, 2.24) is 4.98 Å². The maximum absolute atomic E-state index is 5.84. The summed E-state index contributed by atoms with van der Waals surface area (Å²) in [5, 5.41) is 3.22. The van der Waals surface area contributed by atoms with E-state index in [9.17, 15) is 0 Å². The minimum Gasteiger partial charge on any atom is -0.396 e.